The minimum atomic E-state index is -0.781. The van der Waals surface area contributed by atoms with Crippen molar-refractivity contribution in [2.75, 3.05) is 18.9 Å². The quantitative estimate of drug-likeness (QED) is 0.357. The molecule has 3 N–H and O–H groups in total. The van der Waals surface area contributed by atoms with Crippen LogP contribution >= 0.6 is 11.6 Å². The lowest BCUT2D eigenvalue weighted by molar-refractivity contribution is -0.194. The fourth-order valence-electron chi connectivity index (χ4n) is 4.39. The Hall–Kier alpha value is -4.13. The molecule has 1 amide bonds. The highest BCUT2D eigenvalue weighted by atomic mass is 35.5. The number of amides is 1. The third kappa shape index (κ3) is 6.62. The van der Waals surface area contributed by atoms with Gasteiger partial charge in [-0.05, 0) is 39.8 Å². The highest BCUT2D eigenvalue weighted by molar-refractivity contribution is 6.33. The number of halogens is 1. The lowest BCUT2D eigenvalue weighted by Crippen LogP contribution is -2.49. The predicted octanol–water partition coefficient (Wildman–Crippen LogP) is 3.73. The number of nitrogens with zero attached hydrogens (tertiary/aromatic N) is 5. The Morgan fingerprint density at radius 2 is 1.90 bits per heavy atom. The molecule has 5 rings (SSSR count). The van der Waals surface area contributed by atoms with Crippen molar-refractivity contribution >= 4 is 34.7 Å². The Morgan fingerprint density at radius 1 is 1.15 bits per heavy atom. The maximum absolute atomic E-state index is 13.9. The van der Waals surface area contributed by atoms with Gasteiger partial charge in [0.15, 0.2) is 6.29 Å². The molecule has 1 fully saturated rings. The highest BCUT2D eigenvalue weighted by Gasteiger charge is 2.27. The van der Waals surface area contributed by atoms with Gasteiger partial charge in [-0.25, -0.2) is 14.8 Å². The number of aryl methyl sites for hydroxylation is 1. The van der Waals surface area contributed by atoms with Crippen molar-refractivity contribution in [3.63, 3.8) is 0 Å². The van der Waals surface area contributed by atoms with E-state index >= 15 is 0 Å². The van der Waals surface area contributed by atoms with Gasteiger partial charge < -0.3 is 25.3 Å². The monoisotopic (exact) mass is 579 g/mol. The highest BCUT2D eigenvalue weighted by Crippen LogP contribution is 2.31. The average Bonchev–Trinajstić information content (AvgIpc) is 2.90. The first-order valence-corrected chi connectivity index (χ1v) is 13.3. The van der Waals surface area contributed by atoms with Crippen molar-refractivity contribution in [2.24, 2.45) is 0 Å². The fourth-order valence-corrected chi connectivity index (χ4v) is 4.67. The number of nitrogens with two attached hydrogens (primary N) is 1. The molecule has 0 spiro atoms. The van der Waals surface area contributed by atoms with Crippen LogP contribution in [0.2, 0.25) is 5.02 Å². The van der Waals surface area contributed by atoms with E-state index in [1.54, 1.807) is 57.6 Å². The first-order valence-electron chi connectivity index (χ1n) is 12.9. The van der Waals surface area contributed by atoms with E-state index in [1.165, 1.54) is 4.57 Å². The molecule has 0 atom stereocenters. The maximum Gasteiger partial charge on any atom is 0.408 e. The standard InChI is InChI=1S/C28H30ClN7O5/c1-15-9-31-11-22(33-15)16-5-6-19(21(29)8-16)20-7-17-10-32-26(30)35-24(17)36(25(20)37)12-23-39-13-18(14-40-23)34-27(38)41-28(2,3)4/h5-11,18,23H,12-14H2,1-4H3,(H,34,38)(H2,30,32,35). The van der Waals surface area contributed by atoms with Crippen LogP contribution in [0.15, 0.2) is 47.7 Å². The summed E-state index contributed by atoms with van der Waals surface area (Å²) in [5.74, 6) is 0.0205. The van der Waals surface area contributed by atoms with Gasteiger partial charge in [0.1, 0.15) is 11.2 Å². The molecule has 1 aliphatic rings. The summed E-state index contributed by atoms with van der Waals surface area (Å²) in [6.07, 6.45) is 3.53. The molecule has 3 aromatic heterocycles. The van der Waals surface area contributed by atoms with Crippen molar-refractivity contribution < 1.29 is 19.0 Å². The molecule has 214 valence electrons. The molecular weight excluding hydrogens is 550 g/mol. The van der Waals surface area contributed by atoms with Crippen molar-refractivity contribution in [1.82, 2.24) is 29.8 Å². The summed E-state index contributed by atoms with van der Waals surface area (Å²) < 4.78 is 18.4. The zero-order valence-electron chi connectivity index (χ0n) is 23.1. The van der Waals surface area contributed by atoms with Gasteiger partial charge in [0.05, 0.1) is 43.4 Å². The maximum atomic E-state index is 13.9. The predicted molar refractivity (Wildman–Crippen MR) is 153 cm³/mol. The van der Waals surface area contributed by atoms with Crippen LogP contribution < -0.4 is 16.6 Å². The van der Waals surface area contributed by atoms with Crippen LogP contribution in [0.3, 0.4) is 0 Å². The summed E-state index contributed by atoms with van der Waals surface area (Å²) in [6.45, 7) is 7.56. The van der Waals surface area contributed by atoms with Gasteiger partial charge in [-0.15, -0.1) is 0 Å². The number of carbonyl (C=O) groups is 1. The van der Waals surface area contributed by atoms with E-state index in [1.807, 2.05) is 13.0 Å². The third-order valence-corrected chi connectivity index (χ3v) is 6.49. The van der Waals surface area contributed by atoms with Crippen LogP contribution in [0, 0.1) is 6.92 Å². The molecule has 1 aliphatic heterocycles. The molecule has 4 aromatic rings. The molecule has 1 aromatic carbocycles. The van der Waals surface area contributed by atoms with E-state index in [0.717, 1.165) is 11.3 Å². The number of nitrogen functional groups attached to an aromatic ring is 1. The zero-order valence-corrected chi connectivity index (χ0v) is 23.8. The number of fused-ring (bicyclic) bond motifs is 1. The van der Waals surface area contributed by atoms with Crippen LogP contribution in [0.5, 0.6) is 0 Å². The number of nitrogens with one attached hydrogen (secondary N) is 1. The van der Waals surface area contributed by atoms with E-state index in [-0.39, 0.29) is 31.3 Å². The Kier molecular flexibility index (Phi) is 7.89. The van der Waals surface area contributed by atoms with E-state index in [9.17, 15) is 9.59 Å². The van der Waals surface area contributed by atoms with Crippen LogP contribution in [0.25, 0.3) is 33.4 Å². The number of ether oxygens (including phenoxy) is 3. The van der Waals surface area contributed by atoms with Crippen molar-refractivity contribution in [2.45, 2.75) is 52.2 Å². The molecule has 0 unspecified atom stereocenters. The molecule has 1 saturated heterocycles. The normalized spacial score (nSPS) is 17.4. The lowest BCUT2D eigenvalue weighted by atomic mass is 10.0. The summed E-state index contributed by atoms with van der Waals surface area (Å²) in [5.41, 5.74) is 8.29. The van der Waals surface area contributed by atoms with Gasteiger partial charge in [0.25, 0.3) is 5.56 Å². The van der Waals surface area contributed by atoms with Crippen molar-refractivity contribution in [1.29, 1.82) is 0 Å². The smallest absolute Gasteiger partial charge is 0.408 e. The van der Waals surface area contributed by atoms with E-state index in [0.29, 0.717) is 32.9 Å². The molecule has 12 nitrogen and oxygen atoms in total. The first-order chi connectivity index (χ1) is 19.5. The molecular formula is C28H30ClN7O5. The average molecular weight is 580 g/mol. The minimum Gasteiger partial charge on any atom is -0.444 e. The number of anilines is 1. The van der Waals surface area contributed by atoms with Gasteiger partial charge in [0, 0.05) is 39.5 Å². The summed E-state index contributed by atoms with van der Waals surface area (Å²) in [6, 6.07) is 6.63. The van der Waals surface area contributed by atoms with Crippen LogP contribution in [-0.2, 0) is 20.8 Å². The number of rotatable bonds is 5. The number of hydrogen-bond acceptors (Lipinski definition) is 10. The lowest BCUT2D eigenvalue weighted by Gasteiger charge is -2.31. The molecule has 0 bridgehead atoms. The van der Waals surface area contributed by atoms with Gasteiger partial charge in [-0.1, -0.05) is 23.7 Å². The molecule has 0 aliphatic carbocycles. The Balaban J connectivity index is 1.42. The second-order valence-corrected chi connectivity index (χ2v) is 11.1. The molecule has 4 heterocycles. The summed E-state index contributed by atoms with van der Waals surface area (Å²) in [4.78, 5) is 43.1. The molecule has 41 heavy (non-hydrogen) atoms. The Morgan fingerprint density at radius 3 is 2.59 bits per heavy atom. The summed E-state index contributed by atoms with van der Waals surface area (Å²) >= 11 is 6.70. The zero-order chi connectivity index (χ0) is 29.3. The van der Waals surface area contributed by atoms with E-state index in [4.69, 9.17) is 31.5 Å². The van der Waals surface area contributed by atoms with Crippen LogP contribution in [0.4, 0.5) is 10.7 Å². The van der Waals surface area contributed by atoms with Crippen molar-refractivity contribution in [3.8, 4) is 22.4 Å². The second-order valence-electron chi connectivity index (χ2n) is 10.7. The first kappa shape index (κ1) is 28.4. The number of pyridine rings is 1. The number of aromatic nitrogens is 5. The van der Waals surface area contributed by atoms with E-state index < -0.39 is 24.0 Å². The minimum absolute atomic E-state index is 0.0205. The third-order valence-electron chi connectivity index (χ3n) is 6.17. The van der Waals surface area contributed by atoms with Gasteiger partial charge in [-0.3, -0.25) is 14.3 Å². The van der Waals surface area contributed by atoms with Gasteiger partial charge >= 0.3 is 6.09 Å². The second kappa shape index (κ2) is 11.4. The topological polar surface area (TPSA) is 156 Å². The van der Waals surface area contributed by atoms with Crippen molar-refractivity contribution in [3.05, 3.63) is 63.9 Å². The summed E-state index contributed by atoms with van der Waals surface area (Å²) in [7, 11) is 0. The fraction of sp³-hybridized carbons (Fsp3) is 0.357. The van der Waals surface area contributed by atoms with Gasteiger partial charge in [-0.2, -0.15) is 4.98 Å². The number of alkyl carbamates (subject to hydrolysis) is 1. The largest absolute Gasteiger partial charge is 0.444 e. The number of benzene rings is 1. The number of carbonyl (C=O) groups excluding carboxylic acids is 1. The number of hydrogen-bond donors (Lipinski definition) is 2. The molecule has 0 radical (unpaired) electrons. The van der Waals surface area contributed by atoms with Gasteiger partial charge in [0.2, 0.25) is 5.95 Å². The van der Waals surface area contributed by atoms with Crippen LogP contribution in [0.1, 0.15) is 26.5 Å². The molecule has 13 heteroatoms. The van der Waals surface area contributed by atoms with E-state index in [2.05, 4.69) is 25.3 Å². The SMILES string of the molecule is Cc1cncc(-c2ccc(-c3cc4cnc(N)nc4n(CC4OCC(NC(=O)OC(C)(C)C)CO4)c3=O)c(Cl)c2)n1. The summed E-state index contributed by atoms with van der Waals surface area (Å²) in [5, 5.41) is 3.67. The Labute approximate surface area is 240 Å². The van der Waals surface area contributed by atoms with Crippen LogP contribution in [-0.4, -0.2) is 61.7 Å². The Bertz CT molecular complexity index is 1660. The molecule has 0 saturated carbocycles.